The Morgan fingerprint density at radius 3 is 2.65 bits per heavy atom. The summed E-state index contributed by atoms with van der Waals surface area (Å²) in [6.45, 7) is 3.37. The summed E-state index contributed by atoms with van der Waals surface area (Å²) in [7, 11) is 0. The molecule has 0 radical (unpaired) electrons. The molecule has 0 aliphatic carbocycles. The molecule has 0 bridgehead atoms. The van der Waals surface area contributed by atoms with Crippen LogP contribution in [0.3, 0.4) is 0 Å². The van der Waals surface area contributed by atoms with Crippen LogP contribution in [0.5, 0.6) is 0 Å². The Hall–Kier alpha value is -2.15. The molecule has 0 saturated carbocycles. The number of nitrogens with zero attached hydrogens (tertiary/aromatic N) is 2. The predicted molar refractivity (Wildman–Crippen MR) is 81.6 cm³/mol. The lowest BCUT2D eigenvalue weighted by Gasteiger charge is -2.09. The molecule has 0 saturated heterocycles. The highest BCUT2D eigenvalue weighted by atomic mass is 32.1. The van der Waals surface area contributed by atoms with E-state index in [1.165, 1.54) is 6.07 Å². The first-order chi connectivity index (χ1) is 9.69. The van der Waals surface area contributed by atoms with Crippen LogP contribution in [0.2, 0.25) is 0 Å². The van der Waals surface area contributed by atoms with Crippen LogP contribution in [0.1, 0.15) is 12.6 Å². The normalized spacial score (nSPS) is 10.2. The third-order valence-electron chi connectivity index (χ3n) is 2.70. The van der Waals surface area contributed by atoms with Crippen LogP contribution in [0.4, 0.5) is 17.1 Å². The second kappa shape index (κ2) is 6.85. The van der Waals surface area contributed by atoms with Gasteiger partial charge < -0.3 is 10.6 Å². The van der Waals surface area contributed by atoms with Crippen LogP contribution in [0, 0.1) is 10.1 Å². The number of hydrogen-bond acceptors (Lipinski definition) is 6. The van der Waals surface area contributed by atoms with Gasteiger partial charge in [0.2, 0.25) is 0 Å². The molecule has 2 N–H and O–H groups in total. The zero-order chi connectivity index (χ0) is 14.4. The zero-order valence-electron chi connectivity index (χ0n) is 11.1. The number of anilines is 2. The summed E-state index contributed by atoms with van der Waals surface area (Å²) in [6, 6.07) is 4.95. The smallest absolute Gasteiger partial charge is 0.273 e. The summed E-state index contributed by atoms with van der Waals surface area (Å²) in [4.78, 5) is 14.7. The van der Waals surface area contributed by atoms with Crippen molar-refractivity contribution in [3.05, 3.63) is 44.9 Å². The van der Waals surface area contributed by atoms with Crippen molar-refractivity contribution in [1.29, 1.82) is 0 Å². The molecule has 1 aromatic carbocycles. The molecule has 0 atom stereocenters. The third-order valence-corrected chi connectivity index (χ3v) is 3.34. The first kappa shape index (κ1) is 14.3. The molecule has 20 heavy (non-hydrogen) atoms. The Kier molecular flexibility index (Phi) is 4.89. The Labute approximate surface area is 121 Å². The molecule has 2 aromatic rings. The van der Waals surface area contributed by atoms with E-state index in [1.807, 2.05) is 18.4 Å². The van der Waals surface area contributed by atoms with Crippen molar-refractivity contribution in [3.8, 4) is 0 Å². The molecule has 1 heterocycles. The van der Waals surface area contributed by atoms with Crippen molar-refractivity contribution in [2.75, 3.05) is 23.7 Å². The van der Waals surface area contributed by atoms with E-state index in [9.17, 15) is 10.1 Å². The van der Waals surface area contributed by atoms with E-state index in [-0.39, 0.29) is 10.6 Å². The summed E-state index contributed by atoms with van der Waals surface area (Å²) in [5, 5.41) is 19.2. The van der Waals surface area contributed by atoms with Gasteiger partial charge in [-0.1, -0.05) is 0 Å². The van der Waals surface area contributed by atoms with E-state index in [1.54, 1.807) is 22.9 Å². The molecule has 0 aliphatic heterocycles. The van der Waals surface area contributed by atoms with Gasteiger partial charge in [-0.15, -0.1) is 11.3 Å². The zero-order valence-corrected chi connectivity index (χ0v) is 11.9. The van der Waals surface area contributed by atoms with Crippen LogP contribution in [-0.2, 0) is 6.42 Å². The Morgan fingerprint density at radius 1 is 1.30 bits per heavy atom. The van der Waals surface area contributed by atoms with Gasteiger partial charge >= 0.3 is 0 Å². The summed E-state index contributed by atoms with van der Waals surface area (Å²) in [5.41, 5.74) is 4.40. The van der Waals surface area contributed by atoms with Gasteiger partial charge in [0.05, 0.1) is 16.1 Å². The van der Waals surface area contributed by atoms with Gasteiger partial charge in [-0.3, -0.25) is 10.1 Å². The number of rotatable bonds is 7. The van der Waals surface area contributed by atoms with Gasteiger partial charge in [0.25, 0.3) is 5.69 Å². The molecule has 2 rings (SSSR count). The number of nitro groups is 1. The minimum atomic E-state index is -0.382. The quantitative estimate of drug-likeness (QED) is 0.605. The standard InChI is InChI=1S/C13H16N4O2S/c1-2-14-11-5-12(7-13(6-11)17(18)19)15-4-3-10-8-20-9-16-10/h5-9,14-15H,2-4H2,1H3. The van der Waals surface area contributed by atoms with E-state index in [0.29, 0.717) is 6.54 Å². The Balaban J connectivity index is 2.03. The summed E-state index contributed by atoms with van der Waals surface area (Å²) in [5.74, 6) is 0. The maximum absolute atomic E-state index is 10.9. The molecular weight excluding hydrogens is 276 g/mol. The van der Waals surface area contributed by atoms with Gasteiger partial charge in [-0.25, -0.2) is 4.98 Å². The summed E-state index contributed by atoms with van der Waals surface area (Å²) < 4.78 is 0. The average Bonchev–Trinajstić information content (AvgIpc) is 2.92. The van der Waals surface area contributed by atoms with Crippen molar-refractivity contribution in [2.24, 2.45) is 0 Å². The fourth-order valence-corrected chi connectivity index (χ4v) is 2.41. The summed E-state index contributed by atoms with van der Waals surface area (Å²) in [6.07, 6.45) is 0.794. The third kappa shape index (κ3) is 3.92. The lowest BCUT2D eigenvalue weighted by atomic mass is 10.2. The first-order valence-electron chi connectivity index (χ1n) is 6.33. The molecule has 0 amide bonds. The molecule has 0 unspecified atom stereocenters. The molecule has 0 fully saturated rings. The van der Waals surface area contributed by atoms with E-state index in [4.69, 9.17) is 0 Å². The van der Waals surface area contributed by atoms with Crippen LogP contribution < -0.4 is 10.6 Å². The van der Waals surface area contributed by atoms with Gasteiger partial charge in [-0.2, -0.15) is 0 Å². The van der Waals surface area contributed by atoms with Crippen LogP contribution >= 0.6 is 11.3 Å². The lowest BCUT2D eigenvalue weighted by Crippen LogP contribution is -2.06. The van der Waals surface area contributed by atoms with Crippen LogP contribution in [0.15, 0.2) is 29.1 Å². The van der Waals surface area contributed by atoms with E-state index < -0.39 is 0 Å². The molecule has 6 nitrogen and oxygen atoms in total. The van der Waals surface area contributed by atoms with Crippen molar-refractivity contribution < 1.29 is 4.92 Å². The van der Waals surface area contributed by atoms with Gasteiger partial charge in [-0.05, 0) is 13.0 Å². The monoisotopic (exact) mass is 292 g/mol. The highest BCUT2D eigenvalue weighted by molar-refractivity contribution is 7.07. The molecule has 0 aliphatic rings. The maximum atomic E-state index is 10.9. The van der Waals surface area contributed by atoms with Crippen molar-refractivity contribution in [3.63, 3.8) is 0 Å². The number of nitro benzene ring substituents is 1. The first-order valence-corrected chi connectivity index (χ1v) is 7.27. The number of benzene rings is 1. The lowest BCUT2D eigenvalue weighted by molar-refractivity contribution is -0.384. The molecular formula is C13H16N4O2S. The number of non-ortho nitro benzene ring substituents is 1. The molecule has 0 spiro atoms. The van der Waals surface area contributed by atoms with E-state index in [0.717, 1.165) is 30.0 Å². The van der Waals surface area contributed by atoms with Crippen LogP contribution in [0.25, 0.3) is 0 Å². The van der Waals surface area contributed by atoms with Gasteiger partial charge in [0.1, 0.15) is 0 Å². The Bertz CT molecular complexity index is 572. The topological polar surface area (TPSA) is 80.1 Å². The second-order valence-corrected chi connectivity index (χ2v) is 4.93. The molecule has 1 aromatic heterocycles. The molecule has 106 valence electrons. The highest BCUT2D eigenvalue weighted by Crippen LogP contribution is 2.24. The number of aromatic nitrogens is 1. The minimum Gasteiger partial charge on any atom is -0.385 e. The van der Waals surface area contributed by atoms with E-state index in [2.05, 4.69) is 15.6 Å². The van der Waals surface area contributed by atoms with E-state index >= 15 is 0 Å². The average molecular weight is 292 g/mol. The van der Waals surface area contributed by atoms with Gasteiger partial charge in [0, 0.05) is 48.4 Å². The largest absolute Gasteiger partial charge is 0.385 e. The van der Waals surface area contributed by atoms with Crippen LogP contribution in [-0.4, -0.2) is 23.0 Å². The molecule has 7 heteroatoms. The number of hydrogen-bond donors (Lipinski definition) is 2. The second-order valence-electron chi connectivity index (χ2n) is 4.21. The highest BCUT2D eigenvalue weighted by Gasteiger charge is 2.09. The fraction of sp³-hybridized carbons (Fsp3) is 0.308. The van der Waals surface area contributed by atoms with Crippen molar-refractivity contribution >= 4 is 28.4 Å². The van der Waals surface area contributed by atoms with Crippen molar-refractivity contribution in [2.45, 2.75) is 13.3 Å². The van der Waals surface area contributed by atoms with Gasteiger partial charge in [0.15, 0.2) is 0 Å². The number of nitrogens with one attached hydrogen (secondary N) is 2. The maximum Gasteiger partial charge on any atom is 0.273 e. The Morgan fingerprint density at radius 2 is 2.05 bits per heavy atom. The summed E-state index contributed by atoms with van der Waals surface area (Å²) >= 11 is 1.56. The number of thiazole rings is 1. The fourth-order valence-electron chi connectivity index (χ4n) is 1.82. The SMILES string of the molecule is CCNc1cc(NCCc2cscn2)cc([N+](=O)[O-])c1. The van der Waals surface area contributed by atoms with Crippen molar-refractivity contribution in [1.82, 2.24) is 4.98 Å². The predicted octanol–water partition coefficient (Wildman–Crippen LogP) is 3.14. The minimum absolute atomic E-state index is 0.0830.